The van der Waals surface area contributed by atoms with Crippen molar-refractivity contribution >= 4 is 0 Å². The fraction of sp³-hybridized carbons (Fsp3) is 0.571. The van der Waals surface area contributed by atoms with E-state index in [2.05, 4.69) is 38.1 Å². The molecule has 0 aliphatic rings. The first-order valence-electron chi connectivity index (χ1n) is 5.90. The van der Waals surface area contributed by atoms with Crippen LogP contribution in [-0.2, 0) is 6.42 Å². The zero-order valence-corrected chi connectivity index (χ0v) is 9.82. The van der Waals surface area contributed by atoms with Gasteiger partial charge in [-0.2, -0.15) is 0 Å². The van der Waals surface area contributed by atoms with E-state index in [9.17, 15) is 5.11 Å². The highest BCUT2D eigenvalue weighted by molar-refractivity contribution is 5.14. The maximum atomic E-state index is 9.70. The van der Waals surface area contributed by atoms with Crippen LogP contribution in [0.5, 0.6) is 0 Å². The molecule has 0 aromatic heterocycles. The first-order chi connectivity index (χ1) is 7.18. The van der Waals surface area contributed by atoms with Gasteiger partial charge in [-0.25, -0.2) is 0 Å². The lowest BCUT2D eigenvalue weighted by Gasteiger charge is -2.12. The van der Waals surface area contributed by atoms with E-state index in [1.54, 1.807) is 0 Å². The van der Waals surface area contributed by atoms with Crippen LogP contribution in [0.15, 0.2) is 30.3 Å². The Hall–Kier alpha value is -0.820. The molecular formula is C14H22O. The summed E-state index contributed by atoms with van der Waals surface area (Å²) in [5, 5.41) is 9.70. The first-order valence-corrected chi connectivity index (χ1v) is 5.90. The van der Waals surface area contributed by atoms with Crippen molar-refractivity contribution in [2.45, 2.75) is 45.6 Å². The maximum Gasteiger partial charge on any atom is 0.0542 e. The molecule has 1 aromatic rings. The van der Waals surface area contributed by atoms with Gasteiger partial charge in [-0.1, -0.05) is 44.2 Å². The molecule has 1 N–H and O–H groups in total. The molecule has 0 saturated carbocycles. The van der Waals surface area contributed by atoms with Crippen molar-refractivity contribution in [1.82, 2.24) is 0 Å². The highest BCUT2D eigenvalue weighted by Crippen LogP contribution is 2.12. The van der Waals surface area contributed by atoms with Crippen LogP contribution in [0.2, 0.25) is 0 Å². The summed E-state index contributed by atoms with van der Waals surface area (Å²) < 4.78 is 0. The van der Waals surface area contributed by atoms with Crippen LogP contribution in [0.4, 0.5) is 0 Å². The molecule has 15 heavy (non-hydrogen) atoms. The van der Waals surface area contributed by atoms with Gasteiger partial charge < -0.3 is 5.11 Å². The second kappa shape index (κ2) is 6.62. The third-order valence-corrected chi connectivity index (χ3v) is 2.59. The van der Waals surface area contributed by atoms with Crippen molar-refractivity contribution in [3.63, 3.8) is 0 Å². The van der Waals surface area contributed by atoms with Gasteiger partial charge in [0, 0.05) is 0 Å². The SMILES string of the molecule is CC(C)CC(O)CCCc1ccccc1. The number of aryl methyl sites for hydroxylation is 1. The van der Waals surface area contributed by atoms with E-state index >= 15 is 0 Å². The molecule has 0 fully saturated rings. The van der Waals surface area contributed by atoms with Crippen molar-refractivity contribution in [3.05, 3.63) is 35.9 Å². The van der Waals surface area contributed by atoms with Gasteiger partial charge >= 0.3 is 0 Å². The third-order valence-electron chi connectivity index (χ3n) is 2.59. The van der Waals surface area contributed by atoms with Gasteiger partial charge in [0.1, 0.15) is 0 Å². The van der Waals surface area contributed by atoms with Crippen LogP contribution in [0.25, 0.3) is 0 Å². The van der Waals surface area contributed by atoms with Crippen LogP contribution in [-0.4, -0.2) is 11.2 Å². The summed E-state index contributed by atoms with van der Waals surface area (Å²) >= 11 is 0. The molecule has 1 rings (SSSR count). The van der Waals surface area contributed by atoms with Gasteiger partial charge in [0.2, 0.25) is 0 Å². The van der Waals surface area contributed by atoms with Gasteiger partial charge in [-0.15, -0.1) is 0 Å². The minimum Gasteiger partial charge on any atom is -0.393 e. The first kappa shape index (κ1) is 12.3. The van der Waals surface area contributed by atoms with E-state index in [-0.39, 0.29) is 6.10 Å². The van der Waals surface area contributed by atoms with Crippen LogP contribution >= 0.6 is 0 Å². The topological polar surface area (TPSA) is 20.2 Å². The molecule has 0 radical (unpaired) electrons. The van der Waals surface area contributed by atoms with E-state index in [1.807, 2.05) is 6.07 Å². The molecular weight excluding hydrogens is 184 g/mol. The molecule has 0 amide bonds. The van der Waals surface area contributed by atoms with Crippen molar-refractivity contribution in [3.8, 4) is 0 Å². The number of aliphatic hydroxyl groups excluding tert-OH is 1. The van der Waals surface area contributed by atoms with E-state index < -0.39 is 0 Å². The van der Waals surface area contributed by atoms with E-state index in [4.69, 9.17) is 0 Å². The average molecular weight is 206 g/mol. The number of rotatable bonds is 6. The molecule has 0 heterocycles. The Morgan fingerprint density at radius 1 is 1.13 bits per heavy atom. The normalized spacial score (nSPS) is 13.1. The monoisotopic (exact) mass is 206 g/mol. The van der Waals surface area contributed by atoms with Crippen LogP contribution < -0.4 is 0 Å². The zero-order valence-electron chi connectivity index (χ0n) is 9.82. The lowest BCUT2D eigenvalue weighted by atomic mass is 10.00. The smallest absolute Gasteiger partial charge is 0.0542 e. The molecule has 0 saturated heterocycles. The Morgan fingerprint density at radius 2 is 1.80 bits per heavy atom. The van der Waals surface area contributed by atoms with Crippen LogP contribution in [0.1, 0.15) is 38.7 Å². The van der Waals surface area contributed by atoms with E-state index in [0.717, 1.165) is 25.7 Å². The van der Waals surface area contributed by atoms with Gasteiger partial charge in [0.05, 0.1) is 6.10 Å². The summed E-state index contributed by atoms with van der Waals surface area (Å²) in [6, 6.07) is 10.5. The number of aliphatic hydroxyl groups is 1. The van der Waals surface area contributed by atoms with Gasteiger partial charge in [-0.05, 0) is 37.2 Å². The molecule has 0 aliphatic heterocycles. The molecule has 0 bridgehead atoms. The Morgan fingerprint density at radius 3 is 2.40 bits per heavy atom. The Labute approximate surface area is 93.1 Å². The van der Waals surface area contributed by atoms with Crippen molar-refractivity contribution < 1.29 is 5.11 Å². The minimum atomic E-state index is -0.117. The average Bonchev–Trinajstić information content (AvgIpc) is 2.18. The molecule has 1 nitrogen and oxygen atoms in total. The van der Waals surface area contributed by atoms with Crippen LogP contribution in [0, 0.1) is 5.92 Å². The Kier molecular flexibility index (Phi) is 5.41. The van der Waals surface area contributed by atoms with E-state index in [1.165, 1.54) is 5.56 Å². The summed E-state index contributed by atoms with van der Waals surface area (Å²) in [6.07, 6.45) is 3.89. The minimum absolute atomic E-state index is 0.117. The highest BCUT2D eigenvalue weighted by atomic mass is 16.3. The second-order valence-corrected chi connectivity index (χ2v) is 4.66. The lowest BCUT2D eigenvalue weighted by molar-refractivity contribution is 0.137. The van der Waals surface area contributed by atoms with Crippen molar-refractivity contribution in [2.24, 2.45) is 5.92 Å². The molecule has 1 atom stereocenters. The molecule has 1 aromatic carbocycles. The molecule has 1 heteroatoms. The predicted octanol–water partition coefficient (Wildman–Crippen LogP) is 3.42. The maximum absolute atomic E-state index is 9.70. The Bertz CT molecular complexity index is 253. The fourth-order valence-electron chi connectivity index (χ4n) is 1.85. The van der Waals surface area contributed by atoms with Crippen LogP contribution in [0.3, 0.4) is 0 Å². The lowest BCUT2D eigenvalue weighted by Crippen LogP contribution is -2.10. The van der Waals surface area contributed by atoms with Gasteiger partial charge in [0.25, 0.3) is 0 Å². The van der Waals surface area contributed by atoms with Crippen molar-refractivity contribution in [1.29, 1.82) is 0 Å². The summed E-state index contributed by atoms with van der Waals surface area (Å²) in [7, 11) is 0. The second-order valence-electron chi connectivity index (χ2n) is 4.66. The van der Waals surface area contributed by atoms with Gasteiger partial charge in [-0.3, -0.25) is 0 Å². The zero-order chi connectivity index (χ0) is 11.1. The predicted molar refractivity (Wildman–Crippen MR) is 64.8 cm³/mol. The largest absolute Gasteiger partial charge is 0.393 e. The molecule has 1 unspecified atom stereocenters. The molecule has 84 valence electrons. The van der Waals surface area contributed by atoms with Crippen molar-refractivity contribution in [2.75, 3.05) is 0 Å². The number of hydrogen-bond donors (Lipinski definition) is 1. The summed E-state index contributed by atoms with van der Waals surface area (Å²) in [4.78, 5) is 0. The summed E-state index contributed by atoms with van der Waals surface area (Å²) in [5.41, 5.74) is 1.37. The molecule has 0 spiro atoms. The highest BCUT2D eigenvalue weighted by Gasteiger charge is 2.06. The quantitative estimate of drug-likeness (QED) is 0.756. The Balaban J connectivity index is 2.16. The summed E-state index contributed by atoms with van der Waals surface area (Å²) in [5.74, 6) is 0.594. The van der Waals surface area contributed by atoms with E-state index in [0.29, 0.717) is 5.92 Å². The van der Waals surface area contributed by atoms with Gasteiger partial charge in [0.15, 0.2) is 0 Å². The fourth-order valence-corrected chi connectivity index (χ4v) is 1.85. The number of hydrogen-bond acceptors (Lipinski definition) is 1. The third kappa shape index (κ3) is 5.58. The number of benzene rings is 1. The summed E-state index contributed by atoms with van der Waals surface area (Å²) in [6.45, 7) is 4.31. The molecule has 0 aliphatic carbocycles. The standard InChI is InChI=1S/C14H22O/c1-12(2)11-14(15)10-6-9-13-7-4-3-5-8-13/h3-5,7-8,12,14-15H,6,9-11H2,1-2H3.